The number of benzene rings is 2. The average molecular weight is 437 g/mol. The molecule has 1 saturated heterocycles. The van der Waals surface area contributed by atoms with Gasteiger partial charge in [-0.3, -0.25) is 4.90 Å². The molecule has 0 atom stereocenters. The van der Waals surface area contributed by atoms with Crippen LogP contribution < -0.4 is 9.47 Å². The summed E-state index contributed by atoms with van der Waals surface area (Å²) in [5.41, 5.74) is 1.09. The molecule has 0 aromatic heterocycles. The van der Waals surface area contributed by atoms with Crippen molar-refractivity contribution in [1.82, 2.24) is 9.80 Å². The van der Waals surface area contributed by atoms with E-state index in [2.05, 4.69) is 9.80 Å². The average Bonchev–Trinajstić information content (AvgIpc) is 2.75. The number of methoxy groups -OCH3 is 2. The van der Waals surface area contributed by atoms with Crippen LogP contribution in [-0.4, -0.2) is 70.9 Å². The van der Waals surface area contributed by atoms with E-state index in [0.717, 1.165) is 56.3 Å². The van der Waals surface area contributed by atoms with Crippen molar-refractivity contribution >= 4 is 9.84 Å². The molecule has 8 heteroatoms. The van der Waals surface area contributed by atoms with Crippen LogP contribution in [0, 0.1) is 5.82 Å². The standard InChI is InChI=1S/C22H29FN2O4S/c1-28-20-6-9-22(29-2)18(16-20)17-25-13-11-24(12-14-25)10-3-15-30(26,27)21-7-4-19(23)5-8-21/h4-9,16H,3,10-15,17H2,1-2H3. The van der Waals surface area contributed by atoms with Crippen molar-refractivity contribution in [1.29, 1.82) is 0 Å². The van der Waals surface area contributed by atoms with Crippen LogP contribution in [-0.2, 0) is 16.4 Å². The van der Waals surface area contributed by atoms with Crippen LogP contribution in [0.5, 0.6) is 11.5 Å². The van der Waals surface area contributed by atoms with E-state index in [4.69, 9.17) is 9.47 Å². The lowest BCUT2D eigenvalue weighted by atomic mass is 10.1. The van der Waals surface area contributed by atoms with Gasteiger partial charge in [0.25, 0.3) is 0 Å². The Labute approximate surface area is 178 Å². The second-order valence-corrected chi connectivity index (χ2v) is 9.53. The van der Waals surface area contributed by atoms with Gasteiger partial charge in [0.15, 0.2) is 9.84 Å². The van der Waals surface area contributed by atoms with Crippen LogP contribution in [0.2, 0.25) is 0 Å². The zero-order chi connectivity index (χ0) is 21.6. The second kappa shape index (κ2) is 10.2. The number of halogens is 1. The summed E-state index contributed by atoms with van der Waals surface area (Å²) in [7, 11) is -0.0499. The largest absolute Gasteiger partial charge is 0.497 e. The van der Waals surface area contributed by atoms with Crippen LogP contribution in [0.4, 0.5) is 4.39 Å². The molecule has 0 bridgehead atoms. The van der Waals surface area contributed by atoms with Crippen LogP contribution in [0.25, 0.3) is 0 Å². The summed E-state index contributed by atoms with van der Waals surface area (Å²) in [4.78, 5) is 4.84. The van der Waals surface area contributed by atoms with E-state index >= 15 is 0 Å². The summed E-state index contributed by atoms with van der Waals surface area (Å²) in [6.07, 6.45) is 0.559. The van der Waals surface area contributed by atoms with Gasteiger partial charge in [-0.15, -0.1) is 0 Å². The van der Waals surface area contributed by atoms with Crippen LogP contribution in [0.1, 0.15) is 12.0 Å². The van der Waals surface area contributed by atoms with Crippen molar-refractivity contribution in [3.8, 4) is 11.5 Å². The number of hydrogen-bond donors (Lipinski definition) is 0. The third-order valence-electron chi connectivity index (χ3n) is 5.41. The fraction of sp³-hybridized carbons (Fsp3) is 0.455. The maximum atomic E-state index is 13.0. The number of piperazine rings is 1. The molecule has 0 aliphatic carbocycles. The van der Waals surface area contributed by atoms with Gasteiger partial charge < -0.3 is 14.4 Å². The second-order valence-electron chi connectivity index (χ2n) is 7.42. The summed E-state index contributed by atoms with van der Waals surface area (Å²) < 4.78 is 48.5. The lowest BCUT2D eigenvalue weighted by Crippen LogP contribution is -2.46. The van der Waals surface area contributed by atoms with Crippen molar-refractivity contribution in [2.45, 2.75) is 17.9 Å². The lowest BCUT2D eigenvalue weighted by molar-refractivity contribution is 0.126. The molecule has 1 heterocycles. The van der Waals surface area contributed by atoms with Gasteiger partial charge in [0.05, 0.1) is 24.9 Å². The minimum atomic E-state index is -3.37. The third kappa shape index (κ3) is 5.93. The van der Waals surface area contributed by atoms with Crippen molar-refractivity contribution in [2.24, 2.45) is 0 Å². The van der Waals surface area contributed by atoms with Gasteiger partial charge in [0.2, 0.25) is 0 Å². The molecule has 1 aliphatic rings. The monoisotopic (exact) mass is 436 g/mol. The molecule has 164 valence electrons. The normalized spacial score (nSPS) is 15.8. The maximum Gasteiger partial charge on any atom is 0.178 e. The van der Waals surface area contributed by atoms with E-state index in [1.165, 1.54) is 24.3 Å². The molecule has 1 fully saturated rings. The molecule has 6 nitrogen and oxygen atoms in total. The highest BCUT2D eigenvalue weighted by atomic mass is 32.2. The van der Waals surface area contributed by atoms with E-state index < -0.39 is 15.7 Å². The number of rotatable bonds is 9. The van der Waals surface area contributed by atoms with Crippen LogP contribution >= 0.6 is 0 Å². The Bertz CT molecular complexity index is 927. The minimum Gasteiger partial charge on any atom is -0.497 e. The summed E-state index contributed by atoms with van der Waals surface area (Å²) in [5, 5.41) is 0. The summed E-state index contributed by atoms with van der Waals surface area (Å²) in [6, 6.07) is 10.8. The number of sulfone groups is 1. The highest BCUT2D eigenvalue weighted by molar-refractivity contribution is 7.91. The van der Waals surface area contributed by atoms with Crippen LogP contribution in [0.15, 0.2) is 47.4 Å². The first-order valence-corrected chi connectivity index (χ1v) is 11.7. The van der Waals surface area contributed by atoms with E-state index in [0.29, 0.717) is 6.42 Å². The topological polar surface area (TPSA) is 59.1 Å². The zero-order valence-electron chi connectivity index (χ0n) is 17.5. The van der Waals surface area contributed by atoms with Gasteiger partial charge in [-0.1, -0.05) is 0 Å². The first-order chi connectivity index (χ1) is 14.4. The SMILES string of the molecule is COc1ccc(OC)c(CN2CCN(CCCS(=O)(=O)c3ccc(F)cc3)CC2)c1. The Morgan fingerprint density at radius 3 is 2.23 bits per heavy atom. The van der Waals surface area contributed by atoms with Gasteiger partial charge in [0.1, 0.15) is 17.3 Å². The van der Waals surface area contributed by atoms with Gasteiger partial charge in [-0.2, -0.15) is 0 Å². The fourth-order valence-corrected chi connectivity index (χ4v) is 4.95. The summed E-state index contributed by atoms with van der Waals surface area (Å²) in [5.74, 6) is 1.30. The van der Waals surface area contributed by atoms with E-state index in [9.17, 15) is 12.8 Å². The highest BCUT2D eigenvalue weighted by Gasteiger charge is 2.20. The van der Waals surface area contributed by atoms with Crippen LogP contribution in [0.3, 0.4) is 0 Å². The highest BCUT2D eigenvalue weighted by Crippen LogP contribution is 2.25. The molecule has 0 amide bonds. The first kappa shape index (κ1) is 22.5. The quantitative estimate of drug-likeness (QED) is 0.564. The number of hydrogen-bond acceptors (Lipinski definition) is 6. The predicted molar refractivity (Wildman–Crippen MR) is 114 cm³/mol. The van der Waals surface area contributed by atoms with Gasteiger partial charge in [-0.05, 0) is 55.4 Å². The lowest BCUT2D eigenvalue weighted by Gasteiger charge is -2.35. The fourth-order valence-electron chi connectivity index (χ4n) is 3.66. The van der Waals surface area contributed by atoms with E-state index in [1.54, 1.807) is 14.2 Å². The van der Waals surface area contributed by atoms with Gasteiger partial charge >= 0.3 is 0 Å². The Kier molecular flexibility index (Phi) is 7.69. The van der Waals surface area contributed by atoms with Crippen molar-refractivity contribution < 1.29 is 22.3 Å². The molecule has 1 aliphatic heterocycles. The van der Waals surface area contributed by atoms with E-state index in [1.807, 2.05) is 18.2 Å². The summed E-state index contributed by atoms with van der Waals surface area (Å²) >= 11 is 0. The van der Waals surface area contributed by atoms with Gasteiger partial charge in [0, 0.05) is 38.3 Å². The molecule has 2 aromatic carbocycles. The molecule has 0 unspecified atom stereocenters. The van der Waals surface area contributed by atoms with Crippen molar-refractivity contribution in [3.63, 3.8) is 0 Å². The Morgan fingerprint density at radius 2 is 1.60 bits per heavy atom. The first-order valence-electron chi connectivity index (χ1n) is 10.1. The smallest absolute Gasteiger partial charge is 0.178 e. The third-order valence-corrected chi connectivity index (χ3v) is 7.22. The predicted octanol–water partition coefficient (Wildman–Crippen LogP) is 2.82. The maximum absolute atomic E-state index is 13.0. The molecule has 0 radical (unpaired) electrons. The molecule has 3 rings (SSSR count). The van der Waals surface area contributed by atoms with Crippen molar-refractivity contribution in [2.75, 3.05) is 52.7 Å². The Balaban J connectivity index is 1.45. The summed E-state index contributed by atoms with van der Waals surface area (Å²) in [6.45, 7) is 5.12. The minimum absolute atomic E-state index is 0.0693. The molecule has 0 N–H and O–H groups in total. The molecular weight excluding hydrogens is 407 g/mol. The molecule has 2 aromatic rings. The number of ether oxygens (including phenoxy) is 2. The number of nitrogens with zero attached hydrogens (tertiary/aromatic N) is 2. The van der Waals surface area contributed by atoms with Gasteiger partial charge in [-0.25, -0.2) is 12.8 Å². The van der Waals surface area contributed by atoms with E-state index in [-0.39, 0.29) is 10.6 Å². The molecule has 30 heavy (non-hydrogen) atoms. The van der Waals surface area contributed by atoms with Crippen molar-refractivity contribution in [3.05, 3.63) is 53.8 Å². The molecule has 0 spiro atoms. The Morgan fingerprint density at radius 1 is 0.933 bits per heavy atom. The molecule has 0 saturated carbocycles. The Hall–Kier alpha value is -2.16. The zero-order valence-corrected chi connectivity index (χ0v) is 18.3. The molecular formula is C22H29FN2O4S.